The molecule has 0 saturated carbocycles. The Bertz CT molecular complexity index is 1340. The van der Waals surface area contributed by atoms with Crippen LogP contribution in [0.25, 0.3) is 0 Å². The number of carbonyl (C=O) groups excluding carboxylic acids is 4. The lowest BCUT2D eigenvalue weighted by Crippen LogP contribution is -2.57. The SMILES string of the molecule is C=CCCC(=O)OC[C@@H](NC(=O)[C@@H]1[C@@H]2CC[C@]3(O2)[C@H](C(=O)N(CC=C)CCN2CCOCC2)N(CCCCCCO)C(=O)[C@@H]13)c1ccccc1. The van der Waals surface area contributed by atoms with E-state index in [0.29, 0.717) is 71.5 Å². The summed E-state index contributed by atoms with van der Waals surface area (Å²) in [4.78, 5) is 61.6. The number of hydrogen-bond donors (Lipinski definition) is 2. The van der Waals surface area contributed by atoms with Gasteiger partial charge in [0.1, 0.15) is 18.2 Å². The summed E-state index contributed by atoms with van der Waals surface area (Å²) in [7, 11) is 0. The van der Waals surface area contributed by atoms with Gasteiger partial charge in [-0.15, -0.1) is 13.2 Å². The lowest BCUT2D eigenvalue weighted by atomic mass is 9.70. The number of nitrogens with zero attached hydrogens (tertiary/aromatic N) is 3. The zero-order valence-corrected chi connectivity index (χ0v) is 29.2. The monoisotopic (exact) mass is 694 g/mol. The number of amides is 3. The summed E-state index contributed by atoms with van der Waals surface area (Å²) in [6, 6.07) is 7.81. The molecule has 274 valence electrons. The number of aliphatic hydroxyl groups is 1. The van der Waals surface area contributed by atoms with E-state index < -0.39 is 35.6 Å². The largest absolute Gasteiger partial charge is 0.463 e. The predicted molar refractivity (Wildman–Crippen MR) is 187 cm³/mol. The third-order valence-electron chi connectivity index (χ3n) is 10.6. The number of allylic oxidation sites excluding steroid dienone is 1. The third-order valence-corrected chi connectivity index (χ3v) is 10.6. The molecule has 1 spiro atoms. The van der Waals surface area contributed by atoms with Crippen LogP contribution in [0.15, 0.2) is 55.6 Å². The second kappa shape index (κ2) is 18.1. The summed E-state index contributed by atoms with van der Waals surface area (Å²) < 4.78 is 17.7. The standard InChI is InChI=1S/C38H54N4O8/c1-3-5-15-31(44)49-27-29(28-13-9-8-10-14-28)39-35(45)32-30-16-17-38(50-30)33(32)36(46)42(19-11-6-7-12-24-43)34(38)37(47)41(18-4-2)21-20-40-22-25-48-26-23-40/h3-4,8-10,13-14,29-30,32-34,43H,1-2,5-7,11-12,15-27H2,(H,39,45)/t29-,30+,32-,33-,34+,38-/m1/s1. The van der Waals surface area contributed by atoms with Crippen molar-refractivity contribution in [3.05, 3.63) is 61.2 Å². The highest BCUT2D eigenvalue weighted by Gasteiger charge is 2.74. The molecule has 50 heavy (non-hydrogen) atoms. The Hall–Kier alpha value is -3.58. The summed E-state index contributed by atoms with van der Waals surface area (Å²) in [6.07, 6.45) is 7.54. The van der Waals surface area contributed by atoms with Crippen molar-refractivity contribution in [2.24, 2.45) is 11.8 Å². The fourth-order valence-electron chi connectivity index (χ4n) is 8.07. The van der Waals surface area contributed by atoms with Crippen molar-refractivity contribution in [2.75, 3.05) is 65.7 Å². The Morgan fingerprint density at radius 1 is 1.08 bits per heavy atom. The average Bonchev–Trinajstić information content (AvgIpc) is 3.78. The molecule has 4 aliphatic heterocycles. The Labute approximate surface area is 295 Å². The summed E-state index contributed by atoms with van der Waals surface area (Å²) in [5.74, 6) is -2.76. The van der Waals surface area contributed by atoms with Gasteiger partial charge >= 0.3 is 5.97 Å². The molecule has 4 fully saturated rings. The van der Waals surface area contributed by atoms with Crippen LogP contribution in [0.1, 0.15) is 63.0 Å². The number of likely N-dealkylation sites (tertiary alicyclic amines) is 1. The maximum atomic E-state index is 14.7. The molecule has 12 heteroatoms. The number of ether oxygens (including phenoxy) is 3. The van der Waals surface area contributed by atoms with Crippen LogP contribution in [-0.4, -0.2) is 127 Å². The maximum Gasteiger partial charge on any atom is 0.306 e. The minimum absolute atomic E-state index is 0.0611. The van der Waals surface area contributed by atoms with Gasteiger partial charge in [0.05, 0.1) is 37.2 Å². The van der Waals surface area contributed by atoms with Gasteiger partial charge in [0.15, 0.2) is 0 Å². The van der Waals surface area contributed by atoms with E-state index in [4.69, 9.17) is 14.2 Å². The fraction of sp³-hybridized carbons (Fsp3) is 0.632. The summed E-state index contributed by atoms with van der Waals surface area (Å²) in [5, 5.41) is 12.4. The van der Waals surface area contributed by atoms with Crippen molar-refractivity contribution in [2.45, 2.75) is 75.2 Å². The van der Waals surface area contributed by atoms with E-state index in [9.17, 15) is 24.3 Å². The molecule has 4 saturated heterocycles. The van der Waals surface area contributed by atoms with Gasteiger partial charge in [0, 0.05) is 52.3 Å². The Kier molecular flexibility index (Phi) is 13.6. The van der Waals surface area contributed by atoms with Gasteiger partial charge < -0.3 is 34.4 Å². The second-order valence-electron chi connectivity index (χ2n) is 13.7. The minimum atomic E-state index is -1.12. The molecule has 4 heterocycles. The molecular weight excluding hydrogens is 640 g/mol. The molecule has 0 aromatic heterocycles. The van der Waals surface area contributed by atoms with Crippen molar-refractivity contribution >= 4 is 23.7 Å². The first-order chi connectivity index (χ1) is 24.3. The van der Waals surface area contributed by atoms with Crippen LogP contribution >= 0.6 is 0 Å². The number of aliphatic hydroxyl groups excluding tert-OH is 1. The molecule has 3 amide bonds. The Morgan fingerprint density at radius 2 is 1.84 bits per heavy atom. The van der Waals surface area contributed by atoms with Crippen LogP contribution in [0.2, 0.25) is 0 Å². The second-order valence-corrected chi connectivity index (χ2v) is 13.7. The number of carbonyl (C=O) groups is 4. The van der Waals surface area contributed by atoms with Crippen LogP contribution in [-0.2, 0) is 33.4 Å². The highest BCUT2D eigenvalue weighted by Crippen LogP contribution is 2.58. The number of rotatable bonds is 20. The molecule has 0 unspecified atom stereocenters. The summed E-state index contributed by atoms with van der Waals surface area (Å²) >= 11 is 0. The molecule has 2 bridgehead atoms. The van der Waals surface area contributed by atoms with Crippen LogP contribution < -0.4 is 5.32 Å². The fourth-order valence-corrected chi connectivity index (χ4v) is 8.07. The molecular formula is C38H54N4O8. The summed E-state index contributed by atoms with van der Waals surface area (Å²) in [5.41, 5.74) is -0.351. The van der Waals surface area contributed by atoms with E-state index in [1.54, 1.807) is 22.0 Å². The van der Waals surface area contributed by atoms with Crippen molar-refractivity contribution in [1.82, 2.24) is 20.0 Å². The van der Waals surface area contributed by atoms with E-state index in [1.165, 1.54) is 0 Å². The zero-order chi connectivity index (χ0) is 35.5. The number of nitrogens with one attached hydrogen (secondary N) is 1. The topological polar surface area (TPSA) is 138 Å². The molecule has 6 atom stereocenters. The number of hydrogen-bond acceptors (Lipinski definition) is 9. The zero-order valence-electron chi connectivity index (χ0n) is 29.2. The van der Waals surface area contributed by atoms with Gasteiger partial charge in [-0.3, -0.25) is 24.1 Å². The lowest BCUT2D eigenvalue weighted by molar-refractivity contribution is -0.148. The van der Waals surface area contributed by atoms with Gasteiger partial charge in [-0.05, 0) is 37.7 Å². The minimum Gasteiger partial charge on any atom is -0.463 e. The number of unbranched alkanes of at least 4 members (excludes halogenated alkanes) is 3. The number of esters is 1. The molecule has 4 aliphatic rings. The number of fused-ring (bicyclic) bond motifs is 1. The number of morpholine rings is 1. The number of benzene rings is 1. The van der Waals surface area contributed by atoms with E-state index in [-0.39, 0.29) is 43.3 Å². The first kappa shape index (κ1) is 37.7. The van der Waals surface area contributed by atoms with Gasteiger partial charge in [-0.1, -0.05) is 55.3 Å². The van der Waals surface area contributed by atoms with Gasteiger partial charge in [0.2, 0.25) is 17.7 Å². The quantitative estimate of drug-likeness (QED) is 0.120. The van der Waals surface area contributed by atoms with Crippen LogP contribution in [0.4, 0.5) is 0 Å². The highest BCUT2D eigenvalue weighted by molar-refractivity contribution is 5.99. The van der Waals surface area contributed by atoms with Crippen molar-refractivity contribution in [1.29, 1.82) is 0 Å². The maximum absolute atomic E-state index is 14.7. The molecule has 0 aliphatic carbocycles. The first-order valence-corrected chi connectivity index (χ1v) is 18.3. The van der Waals surface area contributed by atoms with Crippen LogP contribution in [0.5, 0.6) is 0 Å². The normalized spacial score (nSPS) is 26.3. The van der Waals surface area contributed by atoms with Crippen LogP contribution in [0.3, 0.4) is 0 Å². The van der Waals surface area contributed by atoms with E-state index in [1.807, 2.05) is 30.3 Å². The summed E-state index contributed by atoms with van der Waals surface area (Å²) in [6.45, 7) is 12.4. The van der Waals surface area contributed by atoms with E-state index in [2.05, 4.69) is 23.4 Å². The van der Waals surface area contributed by atoms with Gasteiger partial charge in [-0.2, -0.15) is 0 Å². The highest BCUT2D eigenvalue weighted by atomic mass is 16.5. The molecule has 1 aromatic rings. The Morgan fingerprint density at radius 3 is 2.56 bits per heavy atom. The van der Waals surface area contributed by atoms with Crippen molar-refractivity contribution in [3.63, 3.8) is 0 Å². The Balaban J connectivity index is 1.38. The van der Waals surface area contributed by atoms with E-state index >= 15 is 0 Å². The molecule has 5 rings (SSSR count). The lowest BCUT2D eigenvalue weighted by Gasteiger charge is -2.37. The van der Waals surface area contributed by atoms with Crippen molar-refractivity contribution in [3.8, 4) is 0 Å². The van der Waals surface area contributed by atoms with Gasteiger partial charge in [-0.25, -0.2) is 0 Å². The molecule has 2 N–H and O–H groups in total. The predicted octanol–water partition coefficient (Wildman–Crippen LogP) is 2.63. The molecule has 12 nitrogen and oxygen atoms in total. The molecule has 0 radical (unpaired) electrons. The first-order valence-electron chi connectivity index (χ1n) is 18.3. The van der Waals surface area contributed by atoms with E-state index in [0.717, 1.165) is 31.5 Å². The van der Waals surface area contributed by atoms with Crippen molar-refractivity contribution < 1.29 is 38.5 Å². The van der Waals surface area contributed by atoms with Crippen LogP contribution in [0, 0.1) is 11.8 Å². The van der Waals surface area contributed by atoms with Gasteiger partial charge in [0.25, 0.3) is 0 Å². The third kappa shape index (κ3) is 8.47. The molecule has 1 aromatic carbocycles. The average molecular weight is 695 g/mol. The smallest absolute Gasteiger partial charge is 0.306 e.